The van der Waals surface area contributed by atoms with E-state index in [4.69, 9.17) is 5.73 Å². The molecule has 0 atom stereocenters. The number of aromatic nitrogens is 1. The second-order valence-electron chi connectivity index (χ2n) is 6.15. The van der Waals surface area contributed by atoms with Crippen LogP contribution in [0, 0.1) is 0 Å². The Balaban J connectivity index is 0.00000210. The Labute approximate surface area is 161 Å². The first-order chi connectivity index (χ1) is 12.6. The number of ketones is 1. The summed E-state index contributed by atoms with van der Waals surface area (Å²) in [5.41, 5.74) is 7.64. The van der Waals surface area contributed by atoms with E-state index in [9.17, 15) is 14.4 Å². The number of nitrogens with one attached hydrogen (secondary N) is 1. The topological polar surface area (TPSA) is 94.2 Å². The lowest BCUT2D eigenvalue weighted by atomic mass is 10.0. The standard InChI is InChI=1S/C20H17N3O3.ClH/c21-11-16(24)22-9-10-23-18-13-6-2-3-7-14(13)19(25)17(18)12-5-1-4-8-15(12)20(23)26;/h1-8H,9-11,21H2,(H,22,24);1H. The van der Waals surface area contributed by atoms with Gasteiger partial charge in [0.15, 0.2) is 5.78 Å². The van der Waals surface area contributed by atoms with Crippen LogP contribution in [-0.4, -0.2) is 29.3 Å². The number of pyridine rings is 1. The summed E-state index contributed by atoms with van der Waals surface area (Å²) in [4.78, 5) is 37.5. The van der Waals surface area contributed by atoms with Crippen molar-refractivity contribution in [3.05, 3.63) is 70.0 Å². The van der Waals surface area contributed by atoms with E-state index in [1.807, 2.05) is 24.3 Å². The van der Waals surface area contributed by atoms with Gasteiger partial charge in [0.1, 0.15) is 0 Å². The summed E-state index contributed by atoms with van der Waals surface area (Å²) >= 11 is 0. The van der Waals surface area contributed by atoms with Crippen molar-refractivity contribution in [3.63, 3.8) is 0 Å². The molecule has 0 fully saturated rings. The lowest BCUT2D eigenvalue weighted by Crippen LogP contribution is -2.35. The van der Waals surface area contributed by atoms with Gasteiger partial charge in [0.2, 0.25) is 5.91 Å². The van der Waals surface area contributed by atoms with E-state index in [1.165, 1.54) is 0 Å². The fourth-order valence-corrected chi connectivity index (χ4v) is 3.52. The van der Waals surface area contributed by atoms with Crippen LogP contribution in [0.2, 0.25) is 0 Å². The molecule has 1 amide bonds. The second-order valence-corrected chi connectivity index (χ2v) is 6.15. The molecular weight excluding hydrogens is 366 g/mol. The Morgan fingerprint density at radius 3 is 2.30 bits per heavy atom. The zero-order chi connectivity index (χ0) is 18.3. The molecule has 0 saturated carbocycles. The fraction of sp³-hybridized carbons (Fsp3) is 0.150. The number of carbonyl (C=O) groups excluding carboxylic acids is 2. The zero-order valence-corrected chi connectivity index (χ0v) is 15.2. The van der Waals surface area contributed by atoms with Crippen molar-refractivity contribution in [2.24, 2.45) is 5.73 Å². The molecule has 27 heavy (non-hydrogen) atoms. The molecular formula is C20H18ClN3O3. The lowest BCUT2D eigenvalue weighted by molar-refractivity contribution is -0.119. The number of hydrogen-bond acceptors (Lipinski definition) is 4. The molecule has 1 aliphatic rings. The molecule has 0 aliphatic heterocycles. The molecule has 2 aromatic carbocycles. The minimum atomic E-state index is -0.285. The molecule has 1 aromatic heterocycles. The third kappa shape index (κ3) is 2.93. The molecule has 1 heterocycles. The van der Waals surface area contributed by atoms with Crippen molar-refractivity contribution in [2.75, 3.05) is 13.1 Å². The van der Waals surface area contributed by atoms with Gasteiger partial charge >= 0.3 is 0 Å². The molecule has 0 saturated heterocycles. The first kappa shape index (κ1) is 18.8. The van der Waals surface area contributed by atoms with Crippen LogP contribution >= 0.6 is 12.4 Å². The molecule has 7 heteroatoms. The summed E-state index contributed by atoms with van der Waals surface area (Å²) in [5.74, 6) is -0.362. The van der Waals surface area contributed by atoms with Gasteiger partial charge < -0.3 is 15.6 Å². The van der Waals surface area contributed by atoms with Crippen LogP contribution in [0.3, 0.4) is 0 Å². The highest BCUT2D eigenvalue weighted by Gasteiger charge is 2.32. The van der Waals surface area contributed by atoms with E-state index < -0.39 is 0 Å². The molecule has 138 valence electrons. The maximum absolute atomic E-state index is 13.1. The summed E-state index contributed by atoms with van der Waals surface area (Å²) in [6.45, 7) is 0.419. The molecule has 1 aliphatic carbocycles. The molecule has 4 rings (SSSR count). The third-order valence-electron chi connectivity index (χ3n) is 4.68. The van der Waals surface area contributed by atoms with Crippen LogP contribution in [0.15, 0.2) is 53.3 Å². The van der Waals surface area contributed by atoms with Crippen molar-refractivity contribution in [1.29, 1.82) is 0 Å². The highest BCUT2D eigenvalue weighted by atomic mass is 35.5. The third-order valence-corrected chi connectivity index (χ3v) is 4.68. The van der Waals surface area contributed by atoms with Crippen LogP contribution < -0.4 is 16.6 Å². The number of carbonyl (C=O) groups is 2. The lowest BCUT2D eigenvalue weighted by Gasteiger charge is -2.15. The molecule has 3 N–H and O–H groups in total. The van der Waals surface area contributed by atoms with Gasteiger partial charge in [0, 0.05) is 35.0 Å². The van der Waals surface area contributed by atoms with Gasteiger partial charge in [-0.15, -0.1) is 12.4 Å². The van der Waals surface area contributed by atoms with Gasteiger partial charge in [-0.25, -0.2) is 0 Å². The van der Waals surface area contributed by atoms with Crippen molar-refractivity contribution >= 4 is 34.9 Å². The van der Waals surface area contributed by atoms with Gasteiger partial charge in [-0.2, -0.15) is 0 Å². The maximum atomic E-state index is 13.1. The first-order valence-corrected chi connectivity index (χ1v) is 8.40. The summed E-state index contributed by atoms with van der Waals surface area (Å²) in [6.07, 6.45) is 0. The van der Waals surface area contributed by atoms with Crippen molar-refractivity contribution in [2.45, 2.75) is 6.54 Å². The Bertz CT molecular complexity index is 1120. The van der Waals surface area contributed by atoms with E-state index >= 15 is 0 Å². The minimum Gasteiger partial charge on any atom is -0.353 e. The summed E-state index contributed by atoms with van der Waals surface area (Å²) in [6, 6.07) is 14.4. The SMILES string of the molecule is Cl.NCC(=O)NCCn1c2c(c3ccccc3c1=O)C(=O)c1ccccc1-2. The number of amides is 1. The van der Waals surface area contributed by atoms with Crippen LogP contribution in [0.25, 0.3) is 22.0 Å². The molecule has 0 spiro atoms. The fourth-order valence-electron chi connectivity index (χ4n) is 3.52. The Morgan fingerprint density at radius 1 is 0.963 bits per heavy atom. The average molecular weight is 384 g/mol. The van der Waals surface area contributed by atoms with Crippen LogP contribution in [0.4, 0.5) is 0 Å². The summed E-state index contributed by atoms with van der Waals surface area (Å²) in [7, 11) is 0. The molecule has 0 bridgehead atoms. The largest absolute Gasteiger partial charge is 0.353 e. The van der Waals surface area contributed by atoms with Gasteiger partial charge in [-0.3, -0.25) is 14.4 Å². The number of nitrogens with zero attached hydrogens (tertiary/aromatic N) is 1. The average Bonchev–Trinajstić information content (AvgIpc) is 2.97. The van der Waals surface area contributed by atoms with Crippen LogP contribution in [-0.2, 0) is 11.3 Å². The normalized spacial score (nSPS) is 11.7. The van der Waals surface area contributed by atoms with Crippen molar-refractivity contribution < 1.29 is 9.59 Å². The number of benzene rings is 2. The van der Waals surface area contributed by atoms with Crippen molar-refractivity contribution in [1.82, 2.24) is 9.88 Å². The number of rotatable bonds is 4. The quantitative estimate of drug-likeness (QED) is 0.561. The van der Waals surface area contributed by atoms with E-state index in [0.29, 0.717) is 27.6 Å². The van der Waals surface area contributed by atoms with E-state index in [1.54, 1.807) is 28.8 Å². The molecule has 3 aromatic rings. The van der Waals surface area contributed by atoms with Gasteiger partial charge in [-0.05, 0) is 6.07 Å². The van der Waals surface area contributed by atoms with E-state index in [-0.39, 0.29) is 49.3 Å². The maximum Gasteiger partial charge on any atom is 0.259 e. The number of hydrogen-bond donors (Lipinski definition) is 2. The Kier molecular flexibility index (Phi) is 5.12. The summed E-state index contributed by atoms with van der Waals surface area (Å²) < 4.78 is 1.58. The number of halogens is 1. The smallest absolute Gasteiger partial charge is 0.259 e. The molecule has 0 radical (unpaired) electrons. The zero-order valence-electron chi connectivity index (χ0n) is 14.4. The molecule has 0 unspecified atom stereocenters. The van der Waals surface area contributed by atoms with Gasteiger partial charge in [-0.1, -0.05) is 42.5 Å². The van der Waals surface area contributed by atoms with E-state index in [2.05, 4.69) is 5.32 Å². The van der Waals surface area contributed by atoms with Crippen LogP contribution in [0.1, 0.15) is 15.9 Å². The predicted octanol–water partition coefficient (Wildman–Crippen LogP) is 1.71. The van der Waals surface area contributed by atoms with Crippen molar-refractivity contribution in [3.8, 4) is 11.3 Å². The highest BCUT2D eigenvalue weighted by molar-refractivity contribution is 6.26. The van der Waals surface area contributed by atoms with Crippen LogP contribution in [0.5, 0.6) is 0 Å². The second kappa shape index (κ2) is 7.34. The summed E-state index contributed by atoms with van der Waals surface area (Å²) in [5, 5.41) is 3.83. The Hall–Kier alpha value is -2.96. The minimum absolute atomic E-state index is 0. The van der Waals surface area contributed by atoms with E-state index in [0.717, 1.165) is 5.56 Å². The number of nitrogens with two attached hydrogens (primary N) is 1. The predicted molar refractivity (Wildman–Crippen MR) is 106 cm³/mol. The molecule has 6 nitrogen and oxygen atoms in total. The highest BCUT2D eigenvalue weighted by Crippen LogP contribution is 2.38. The monoisotopic (exact) mass is 383 g/mol. The van der Waals surface area contributed by atoms with Gasteiger partial charge in [0.05, 0.1) is 17.8 Å². The number of fused-ring (bicyclic) bond motifs is 5. The van der Waals surface area contributed by atoms with Gasteiger partial charge in [0.25, 0.3) is 5.56 Å². The Morgan fingerprint density at radius 2 is 1.59 bits per heavy atom. The first-order valence-electron chi connectivity index (χ1n) is 8.40.